The first-order valence-corrected chi connectivity index (χ1v) is 8.67. The van der Waals surface area contributed by atoms with Crippen molar-refractivity contribution in [1.82, 2.24) is 0 Å². The van der Waals surface area contributed by atoms with Gasteiger partial charge >= 0.3 is 0 Å². The van der Waals surface area contributed by atoms with Gasteiger partial charge in [0.05, 0.1) is 0 Å². The Morgan fingerprint density at radius 1 is 0.593 bits per heavy atom. The Balaban J connectivity index is 0.00000180. The van der Waals surface area contributed by atoms with Crippen LogP contribution < -0.4 is 19.6 Å². The minimum atomic E-state index is 0. The Labute approximate surface area is 173 Å². The largest absolute Gasteiger partial charge is 0.504 e. The molecule has 3 aromatic rings. The smallest absolute Gasteiger partial charge is 0.0326 e. The Kier molecular flexibility index (Phi) is 4.58. The van der Waals surface area contributed by atoms with E-state index in [1.165, 1.54) is 22.7 Å². The molecule has 0 radical (unpaired) electrons. The number of hydrogen-bond acceptors (Lipinski definition) is 4. The van der Waals surface area contributed by atoms with Crippen LogP contribution in [0.2, 0.25) is 0 Å². The molecular formula is C22H19N4Os-3. The first-order chi connectivity index (χ1) is 12.7. The summed E-state index contributed by atoms with van der Waals surface area (Å²) in [6.45, 7) is 4.21. The molecule has 0 aromatic heterocycles. The molecule has 0 saturated heterocycles. The van der Waals surface area contributed by atoms with Crippen molar-refractivity contribution in [1.29, 1.82) is 0 Å². The summed E-state index contributed by atoms with van der Waals surface area (Å²) in [6, 6.07) is 26.7. The summed E-state index contributed by atoms with van der Waals surface area (Å²) in [7, 11) is 4.14. The van der Waals surface area contributed by atoms with Crippen LogP contribution in [0.25, 0.3) is 0 Å². The first-order valence-electron chi connectivity index (χ1n) is 8.67. The Hall–Kier alpha value is -2.50. The normalized spacial score (nSPS) is 14.9. The molecule has 27 heavy (non-hydrogen) atoms. The zero-order valence-corrected chi connectivity index (χ0v) is 17.7. The summed E-state index contributed by atoms with van der Waals surface area (Å²) in [4.78, 5) is 8.65. The number of nitrogens with zero attached hydrogens (tertiary/aromatic N) is 4. The molecule has 0 unspecified atom stereocenters. The van der Waals surface area contributed by atoms with Gasteiger partial charge in [-0.1, -0.05) is 24.3 Å². The standard InChI is InChI=1S/C22H19N4.Os/c1-23-15-25(21-12-5-3-10-19(21)23)17-8-7-9-18(14-17)26-16-24(2)20-11-4-6-13-22(20)26;/h3-13,15-16H,1-2H3;/q-3;. The molecule has 2 aliphatic rings. The van der Waals surface area contributed by atoms with Crippen molar-refractivity contribution in [3.05, 3.63) is 86.1 Å². The van der Waals surface area contributed by atoms with Gasteiger partial charge in [-0.2, -0.15) is 19.4 Å². The van der Waals surface area contributed by atoms with Gasteiger partial charge in [0.1, 0.15) is 0 Å². The summed E-state index contributed by atoms with van der Waals surface area (Å²) in [6.07, 6.45) is 0. The van der Waals surface area contributed by atoms with Crippen LogP contribution in [0.1, 0.15) is 0 Å². The van der Waals surface area contributed by atoms with Crippen molar-refractivity contribution in [2.24, 2.45) is 0 Å². The van der Waals surface area contributed by atoms with Gasteiger partial charge in [-0.15, -0.1) is 29.6 Å². The van der Waals surface area contributed by atoms with Gasteiger partial charge in [0, 0.05) is 42.5 Å². The molecule has 5 rings (SSSR count). The molecule has 5 heteroatoms. The maximum absolute atomic E-state index is 3.59. The third-order valence-corrected chi connectivity index (χ3v) is 4.90. The van der Waals surface area contributed by atoms with Crippen LogP contribution in [0.15, 0.2) is 66.7 Å². The molecule has 0 amide bonds. The van der Waals surface area contributed by atoms with Crippen molar-refractivity contribution < 1.29 is 19.8 Å². The quantitative estimate of drug-likeness (QED) is 0.438. The number of rotatable bonds is 2. The van der Waals surface area contributed by atoms with Crippen LogP contribution in [0.5, 0.6) is 0 Å². The van der Waals surface area contributed by atoms with E-state index in [0.717, 1.165) is 11.4 Å². The van der Waals surface area contributed by atoms with E-state index in [4.69, 9.17) is 0 Å². The van der Waals surface area contributed by atoms with E-state index < -0.39 is 0 Å². The van der Waals surface area contributed by atoms with E-state index in [-0.39, 0.29) is 19.8 Å². The van der Waals surface area contributed by atoms with Gasteiger partial charge in [0.2, 0.25) is 0 Å². The van der Waals surface area contributed by atoms with Crippen LogP contribution in [0.3, 0.4) is 0 Å². The molecule has 138 valence electrons. The molecule has 0 saturated carbocycles. The van der Waals surface area contributed by atoms with E-state index in [1.54, 1.807) is 0 Å². The second-order valence-electron chi connectivity index (χ2n) is 6.59. The third kappa shape index (κ3) is 2.87. The zero-order valence-electron chi connectivity index (χ0n) is 15.1. The Morgan fingerprint density at radius 3 is 1.44 bits per heavy atom. The molecule has 0 atom stereocenters. The van der Waals surface area contributed by atoms with Gasteiger partial charge in [-0.05, 0) is 38.4 Å². The molecule has 0 aliphatic carbocycles. The minimum Gasteiger partial charge on any atom is -0.504 e. The Bertz CT molecular complexity index is 899. The molecule has 2 aliphatic heterocycles. The maximum Gasteiger partial charge on any atom is 0.0326 e. The summed E-state index contributed by atoms with van der Waals surface area (Å²) >= 11 is 0. The van der Waals surface area contributed by atoms with E-state index in [2.05, 4.69) is 120 Å². The fraction of sp³-hybridized carbons (Fsp3) is 0.0909. The van der Waals surface area contributed by atoms with Crippen molar-refractivity contribution in [2.45, 2.75) is 0 Å². The molecule has 0 N–H and O–H groups in total. The van der Waals surface area contributed by atoms with Gasteiger partial charge in [-0.25, -0.2) is 0 Å². The molecule has 0 spiro atoms. The second kappa shape index (κ2) is 6.91. The SMILES string of the molecule is CN1[CH-]N(c2[c-]c(N3[CH-]N(C)c4ccccc43)ccc2)c2ccccc21.[Os]. The monoisotopic (exact) mass is 531 g/mol. The fourth-order valence-corrected chi connectivity index (χ4v) is 3.64. The zero-order chi connectivity index (χ0) is 17.7. The van der Waals surface area contributed by atoms with Crippen LogP contribution in [0, 0.1) is 19.4 Å². The average Bonchev–Trinajstić information content (AvgIpc) is 3.20. The van der Waals surface area contributed by atoms with Gasteiger partial charge in [-0.3, -0.25) is 0 Å². The molecule has 3 aromatic carbocycles. The minimum absolute atomic E-state index is 0. The number of fused-ring (bicyclic) bond motifs is 2. The van der Waals surface area contributed by atoms with E-state index in [0.29, 0.717) is 0 Å². The van der Waals surface area contributed by atoms with Crippen LogP contribution >= 0.6 is 0 Å². The van der Waals surface area contributed by atoms with Crippen LogP contribution in [-0.2, 0) is 19.8 Å². The fourth-order valence-electron chi connectivity index (χ4n) is 3.64. The van der Waals surface area contributed by atoms with Crippen molar-refractivity contribution >= 4 is 34.1 Å². The molecule has 2 heterocycles. The summed E-state index contributed by atoms with van der Waals surface area (Å²) in [5.74, 6) is 0. The second-order valence-corrected chi connectivity index (χ2v) is 6.59. The summed E-state index contributed by atoms with van der Waals surface area (Å²) in [5.41, 5.74) is 6.80. The van der Waals surface area contributed by atoms with E-state index in [9.17, 15) is 0 Å². The summed E-state index contributed by atoms with van der Waals surface area (Å²) in [5, 5.41) is 0. The predicted molar refractivity (Wildman–Crippen MR) is 108 cm³/mol. The van der Waals surface area contributed by atoms with E-state index >= 15 is 0 Å². The number of hydrogen-bond donors (Lipinski definition) is 0. The summed E-state index contributed by atoms with van der Waals surface area (Å²) < 4.78 is 0. The van der Waals surface area contributed by atoms with Crippen molar-refractivity contribution in [3.8, 4) is 0 Å². The van der Waals surface area contributed by atoms with Gasteiger partial charge < -0.3 is 19.6 Å². The van der Waals surface area contributed by atoms with E-state index in [1.807, 2.05) is 0 Å². The molecular weight excluding hydrogens is 511 g/mol. The van der Waals surface area contributed by atoms with Gasteiger partial charge in [0.25, 0.3) is 0 Å². The first kappa shape index (κ1) is 17.9. The average molecular weight is 530 g/mol. The Morgan fingerprint density at radius 2 is 1.00 bits per heavy atom. The number of benzene rings is 3. The third-order valence-electron chi connectivity index (χ3n) is 4.90. The maximum atomic E-state index is 3.59. The van der Waals surface area contributed by atoms with Crippen LogP contribution in [0.4, 0.5) is 34.1 Å². The topological polar surface area (TPSA) is 13.0 Å². The van der Waals surface area contributed by atoms with Gasteiger partial charge in [0.15, 0.2) is 0 Å². The number of anilines is 6. The van der Waals surface area contributed by atoms with Crippen molar-refractivity contribution in [2.75, 3.05) is 33.7 Å². The van der Waals surface area contributed by atoms with Crippen molar-refractivity contribution in [3.63, 3.8) is 0 Å². The van der Waals surface area contributed by atoms with Crippen LogP contribution in [-0.4, -0.2) is 14.1 Å². The molecule has 0 bridgehead atoms. The predicted octanol–water partition coefficient (Wildman–Crippen LogP) is 4.90. The molecule has 4 nitrogen and oxygen atoms in total. The number of para-hydroxylation sites is 4. The molecule has 0 fully saturated rings.